The highest BCUT2D eigenvalue weighted by Crippen LogP contribution is 2.22. The van der Waals surface area contributed by atoms with Crippen molar-refractivity contribution >= 4 is 11.8 Å². The number of carbonyl (C=O) groups excluding carboxylic acids is 2. The van der Waals surface area contributed by atoms with Gasteiger partial charge in [-0.1, -0.05) is 13.8 Å². The van der Waals surface area contributed by atoms with Gasteiger partial charge >= 0.3 is 0 Å². The van der Waals surface area contributed by atoms with Crippen LogP contribution in [0.15, 0.2) is 0 Å². The Balaban J connectivity index is 2.71. The maximum atomic E-state index is 11.1. The molecule has 13 heavy (non-hydrogen) atoms. The predicted molar refractivity (Wildman–Crippen MR) is 48.7 cm³/mol. The van der Waals surface area contributed by atoms with Gasteiger partial charge in [-0.15, -0.1) is 0 Å². The van der Waals surface area contributed by atoms with E-state index in [1.54, 1.807) is 0 Å². The number of rotatable bonds is 2. The van der Waals surface area contributed by atoms with Crippen molar-refractivity contribution < 1.29 is 9.59 Å². The van der Waals surface area contributed by atoms with E-state index < -0.39 is 0 Å². The highest BCUT2D eigenvalue weighted by molar-refractivity contribution is 5.83. The largest absolute Gasteiger partial charge is 0.369 e. The fourth-order valence-electron chi connectivity index (χ4n) is 1.78. The molecule has 1 aliphatic heterocycles. The molecule has 0 aromatic heterocycles. The molecular weight excluding hydrogens is 168 g/mol. The first-order valence-electron chi connectivity index (χ1n) is 4.61. The first-order valence-corrected chi connectivity index (χ1v) is 4.61. The molecule has 1 rings (SSSR count). The van der Waals surface area contributed by atoms with Crippen LogP contribution in [0.2, 0.25) is 0 Å². The van der Waals surface area contributed by atoms with Crippen LogP contribution in [0, 0.1) is 11.8 Å². The normalized spacial score (nSPS) is 28.7. The summed E-state index contributed by atoms with van der Waals surface area (Å²) in [7, 11) is 0. The van der Waals surface area contributed by atoms with Crippen molar-refractivity contribution in [2.45, 2.75) is 32.7 Å². The van der Waals surface area contributed by atoms with Crippen LogP contribution in [-0.2, 0) is 9.59 Å². The third kappa shape index (κ3) is 2.20. The van der Waals surface area contributed by atoms with Gasteiger partial charge in [0.1, 0.15) is 0 Å². The molecule has 4 nitrogen and oxygen atoms in total. The highest BCUT2D eigenvalue weighted by atomic mass is 16.2. The van der Waals surface area contributed by atoms with Crippen molar-refractivity contribution in [1.29, 1.82) is 0 Å². The number of carbonyl (C=O) groups is 2. The topological polar surface area (TPSA) is 72.2 Å². The van der Waals surface area contributed by atoms with Gasteiger partial charge in [0.05, 0.1) is 5.92 Å². The van der Waals surface area contributed by atoms with Gasteiger partial charge < -0.3 is 11.1 Å². The van der Waals surface area contributed by atoms with Crippen LogP contribution in [-0.4, -0.2) is 17.9 Å². The zero-order valence-corrected chi connectivity index (χ0v) is 8.04. The van der Waals surface area contributed by atoms with Crippen molar-refractivity contribution in [3.63, 3.8) is 0 Å². The lowest BCUT2D eigenvalue weighted by molar-refractivity contribution is -0.130. The summed E-state index contributed by atoms with van der Waals surface area (Å²) in [6.45, 7) is 3.96. The number of nitrogens with two attached hydrogens (primary N) is 1. The third-order valence-electron chi connectivity index (χ3n) is 2.53. The number of nitrogens with one attached hydrogen (secondary N) is 1. The first kappa shape index (κ1) is 10.0. The van der Waals surface area contributed by atoms with Crippen molar-refractivity contribution in [2.75, 3.05) is 0 Å². The zero-order valence-electron chi connectivity index (χ0n) is 8.04. The van der Waals surface area contributed by atoms with E-state index in [-0.39, 0.29) is 29.7 Å². The second-order valence-corrected chi connectivity index (χ2v) is 3.88. The Hall–Kier alpha value is -1.06. The molecular formula is C9H16N2O2. The Morgan fingerprint density at radius 3 is 2.69 bits per heavy atom. The van der Waals surface area contributed by atoms with Crippen LogP contribution in [0.1, 0.15) is 26.7 Å². The van der Waals surface area contributed by atoms with Gasteiger partial charge in [-0.05, 0) is 12.3 Å². The number of hydrogen-bond donors (Lipinski definition) is 2. The first-order chi connectivity index (χ1) is 6.02. The molecule has 0 bridgehead atoms. The number of piperidine rings is 1. The third-order valence-corrected chi connectivity index (χ3v) is 2.53. The molecule has 2 atom stereocenters. The van der Waals surface area contributed by atoms with Crippen LogP contribution in [0.5, 0.6) is 0 Å². The van der Waals surface area contributed by atoms with Gasteiger partial charge in [0, 0.05) is 12.5 Å². The summed E-state index contributed by atoms with van der Waals surface area (Å²) in [5.74, 6) is -0.227. The second kappa shape index (κ2) is 3.77. The smallest absolute Gasteiger partial charge is 0.222 e. The van der Waals surface area contributed by atoms with Crippen LogP contribution in [0.3, 0.4) is 0 Å². The van der Waals surface area contributed by atoms with E-state index in [9.17, 15) is 9.59 Å². The van der Waals surface area contributed by atoms with Crippen molar-refractivity contribution in [1.82, 2.24) is 5.32 Å². The number of primary amides is 1. The molecule has 0 radical (unpaired) electrons. The van der Waals surface area contributed by atoms with E-state index in [2.05, 4.69) is 5.32 Å². The van der Waals surface area contributed by atoms with Crippen molar-refractivity contribution in [3.8, 4) is 0 Å². The van der Waals surface area contributed by atoms with Gasteiger partial charge in [-0.3, -0.25) is 9.59 Å². The SMILES string of the molecule is CC(C)C1NC(=O)CCC1C(N)=O. The molecule has 1 aliphatic rings. The zero-order chi connectivity index (χ0) is 10.0. The van der Waals surface area contributed by atoms with Gasteiger partial charge in [-0.2, -0.15) is 0 Å². The summed E-state index contributed by atoms with van der Waals surface area (Å²) in [6.07, 6.45) is 1.00. The van der Waals surface area contributed by atoms with E-state index in [1.165, 1.54) is 0 Å². The molecule has 1 heterocycles. The number of hydrogen-bond acceptors (Lipinski definition) is 2. The van der Waals surface area contributed by atoms with Gasteiger partial charge in [0.2, 0.25) is 11.8 Å². The molecule has 0 aromatic rings. The molecule has 1 fully saturated rings. The quantitative estimate of drug-likeness (QED) is 0.635. The summed E-state index contributed by atoms with van der Waals surface area (Å²) in [4.78, 5) is 22.1. The van der Waals surface area contributed by atoms with Crippen LogP contribution >= 0.6 is 0 Å². The molecule has 0 spiro atoms. The average Bonchev–Trinajstić information content (AvgIpc) is 2.03. The van der Waals surface area contributed by atoms with E-state index in [4.69, 9.17) is 5.73 Å². The minimum absolute atomic E-state index is 0.0243. The molecule has 4 heteroatoms. The van der Waals surface area contributed by atoms with Gasteiger partial charge in [-0.25, -0.2) is 0 Å². The van der Waals surface area contributed by atoms with Gasteiger partial charge in [0.15, 0.2) is 0 Å². The molecule has 0 aliphatic carbocycles. The van der Waals surface area contributed by atoms with Crippen LogP contribution in [0.4, 0.5) is 0 Å². The summed E-state index contributed by atoms with van der Waals surface area (Å²) in [5, 5.41) is 2.81. The maximum Gasteiger partial charge on any atom is 0.222 e. The molecule has 2 unspecified atom stereocenters. The Labute approximate surface area is 77.9 Å². The van der Waals surface area contributed by atoms with E-state index >= 15 is 0 Å². The Morgan fingerprint density at radius 2 is 2.23 bits per heavy atom. The highest BCUT2D eigenvalue weighted by Gasteiger charge is 2.34. The molecule has 0 aromatic carbocycles. The molecule has 74 valence electrons. The Bertz CT molecular complexity index is 226. The lowest BCUT2D eigenvalue weighted by Crippen LogP contribution is -2.52. The molecule has 2 amide bonds. The summed E-state index contributed by atoms with van der Waals surface area (Å²) in [5.41, 5.74) is 5.25. The molecule has 3 N–H and O–H groups in total. The van der Waals surface area contributed by atoms with E-state index in [0.29, 0.717) is 12.8 Å². The fraction of sp³-hybridized carbons (Fsp3) is 0.778. The molecule has 1 saturated heterocycles. The van der Waals surface area contributed by atoms with Crippen LogP contribution < -0.4 is 11.1 Å². The standard InChI is InChI=1S/C9H16N2O2/c1-5(2)8-6(9(10)13)3-4-7(12)11-8/h5-6,8H,3-4H2,1-2H3,(H2,10,13)(H,11,12). The summed E-state index contributed by atoms with van der Waals surface area (Å²) in [6, 6.07) is -0.0845. The second-order valence-electron chi connectivity index (χ2n) is 3.88. The lowest BCUT2D eigenvalue weighted by atomic mass is 9.83. The van der Waals surface area contributed by atoms with E-state index in [1.807, 2.05) is 13.8 Å². The predicted octanol–water partition coefficient (Wildman–Crippen LogP) is 0.0225. The van der Waals surface area contributed by atoms with Crippen molar-refractivity contribution in [3.05, 3.63) is 0 Å². The molecule has 0 saturated carbocycles. The Kier molecular flexibility index (Phi) is 2.90. The van der Waals surface area contributed by atoms with Crippen LogP contribution in [0.25, 0.3) is 0 Å². The van der Waals surface area contributed by atoms with Gasteiger partial charge in [0.25, 0.3) is 0 Å². The fourth-order valence-corrected chi connectivity index (χ4v) is 1.78. The van der Waals surface area contributed by atoms with E-state index in [0.717, 1.165) is 0 Å². The number of amides is 2. The summed E-state index contributed by atoms with van der Waals surface area (Å²) < 4.78 is 0. The maximum absolute atomic E-state index is 11.1. The lowest BCUT2D eigenvalue weighted by Gasteiger charge is -2.32. The minimum Gasteiger partial charge on any atom is -0.369 e. The minimum atomic E-state index is -0.307. The average molecular weight is 184 g/mol. The Morgan fingerprint density at radius 1 is 1.62 bits per heavy atom. The van der Waals surface area contributed by atoms with Crippen molar-refractivity contribution in [2.24, 2.45) is 17.6 Å². The monoisotopic (exact) mass is 184 g/mol. The summed E-state index contributed by atoms with van der Waals surface area (Å²) >= 11 is 0.